The molecule has 0 bridgehead atoms. The summed E-state index contributed by atoms with van der Waals surface area (Å²) in [4.78, 5) is 13.3. The maximum absolute atomic E-state index is 12.5. The molecule has 1 aromatic carbocycles. The van der Waals surface area contributed by atoms with E-state index in [0.29, 0.717) is 12.2 Å². The van der Waals surface area contributed by atoms with Crippen molar-refractivity contribution in [3.8, 4) is 0 Å². The Morgan fingerprint density at radius 2 is 1.55 bits per heavy atom. The van der Waals surface area contributed by atoms with E-state index in [1.165, 1.54) is 36.3 Å². The minimum Gasteiger partial charge on any atom is -0.327 e. The maximum Gasteiger partial charge on any atom is 0.416 e. The Morgan fingerprint density at radius 3 is 2.09 bits per heavy atom. The maximum atomic E-state index is 12.5. The molecule has 1 saturated heterocycles. The molecule has 0 spiro atoms. The number of anilines is 1. The van der Waals surface area contributed by atoms with Gasteiger partial charge in [0.25, 0.3) is 5.91 Å². The summed E-state index contributed by atoms with van der Waals surface area (Å²) in [6.07, 6.45) is 1.60. The van der Waals surface area contributed by atoms with Crippen molar-refractivity contribution in [2.75, 3.05) is 25.0 Å². The van der Waals surface area contributed by atoms with Crippen LogP contribution in [0.2, 0.25) is 0 Å². The quantitative estimate of drug-likeness (QED) is 0.883. The molecule has 6 heteroatoms. The van der Waals surface area contributed by atoms with Gasteiger partial charge in [-0.2, -0.15) is 13.2 Å². The molecule has 1 aliphatic rings. The normalized spacial score (nSPS) is 17.6. The molecule has 3 nitrogen and oxygen atoms in total. The summed E-state index contributed by atoms with van der Waals surface area (Å²) in [6.45, 7) is 2.35. The number of quaternary nitrogens is 1. The van der Waals surface area contributed by atoms with Gasteiger partial charge in [-0.3, -0.25) is 4.79 Å². The van der Waals surface area contributed by atoms with Gasteiger partial charge in [-0.15, -0.1) is 0 Å². The Kier molecular flexibility index (Phi) is 5.83. The van der Waals surface area contributed by atoms with Crippen LogP contribution in [0.25, 0.3) is 0 Å². The topological polar surface area (TPSA) is 33.5 Å². The van der Waals surface area contributed by atoms with Crippen LogP contribution >= 0.6 is 0 Å². The van der Waals surface area contributed by atoms with Gasteiger partial charge in [0.05, 0.1) is 18.7 Å². The van der Waals surface area contributed by atoms with Crippen molar-refractivity contribution in [2.45, 2.75) is 38.3 Å². The highest BCUT2D eigenvalue weighted by Gasteiger charge is 2.30. The van der Waals surface area contributed by atoms with Crippen LogP contribution in [0.3, 0.4) is 0 Å². The Labute approximate surface area is 128 Å². The number of amides is 1. The lowest BCUT2D eigenvalue weighted by Crippen LogP contribution is -3.13. The summed E-state index contributed by atoms with van der Waals surface area (Å²) in [6, 6.07) is 4.56. The molecule has 0 atom stereocenters. The van der Waals surface area contributed by atoms with Crippen molar-refractivity contribution < 1.29 is 22.9 Å². The monoisotopic (exact) mass is 315 g/mol. The Bertz CT molecular complexity index is 477. The SMILES string of the molecule is O=C(C[NH+]1CCCCCCC1)Nc1ccc(C(F)(F)F)cc1. The molecule has 122 valence electrons. The first-order valence-electron chi connectivity index (χ1n) is 7.76. The Balaban J connectivity index is 1.85. The van der Waals surface area contributed by atoms with E-state index in [9.17, 15) is 18.0 Å². The van der Waals surface area contributed by atoms with Crippen molar-refractivity contribution in [1.29, 1.82) is 0 Å². The third-order valence-corrected chi connectivity index (χ3v) is 3.97. The van der Waals surface area contributed by atoms with Crippen LogP contribution in [0.5, 0.6) is 0 Å². The lowest BCUT2D eigenvalue weighted by atomic mass is 10.1. The summed E-state index contributed by atoms with van der Waals surface area (Å²) in [5, 5.41) is 2.68. The molecule has 1 amide bonds. The summed E-state index contributed by atoms with van der Waals surface area (Å²) in [5.74, 6) is -0.143. The van der Waals surface area contributed by atoms with E-state index in [1.54, 1.807) is 0 Å². The molecule has 1 heterocycles. The second kappa shape index (κ2) is 7.63. The van der Waals surface area contributed by atoms with E-state index >= 15 is 0 Å². The predicted octanol–water partition coefficient (Wildman–Crippen LogP) is 2.49. The summed E-state index contributed by atoms with van der Waals surface area (Å²) < 4.78 is 37.4. The Hall–Kier alpha value is -1.56. The van der Waals surface area contributed by atoms with E-state index < -0.39 is 11.7 Å². The van der Waals surface area contributed by atoms with Crippen LogP contribution in [0, 0.1) is 0 Å². The minimum atomic E-state index is -4.35. The van der Waals surface area contributed by atoms with Crippen LogP contribution in [0.4, 0.5) is 18.9 Å². The number of alkyl halides is 3. The van der Waals surface area contributed by atoms with Gasteiger partial charge in [0.2, 0.25) is 0 Å². The average Bonchev–Trinajstić information content (AvgIpc) is 2.41. The van der Waals surface area contributed by atoms with E-state index in [0.717, 1.165) is 38.1 Å². The summed E-state index contributed by atoms with van der Waals surface area (Å²) in [5.41, 5.74) is -0.302. The fourth-order valence-electron chi connectivity index (χ4n) is 2.76. The first kappa shape index (κ1) is 16.8. The van der Waals surface area contributed by atoms with E-state index in [1.807, 2.05) is 0 Å². The van der Waals surface area contributed by atoms with Crippen molar-refractivity contribution >= 4 is 11.6 Å². The number of hydrogen-bond donors (Lipinski definition) is 2. The van der Waals surface area contributed by atoms with Gasteiger partial charge in [0.1, 0.15) is 0 Å². The van der Waals surface area contributed by atoms with Gasteiger partial charge in [-0.05, 0) is 49.9 Å². The molecule has 1 aliphatic heterocycles. The third kappa shape index (κ3) is 5.33. The second-order valence-electron chi connectivity index (χ2n) is 5.82. The molecule has 1 aromatic rings. The zero-order valence-corrected chi connectivity index (χ0v) is 12.5. The fraction of sp³-hybridized carbons (Fsp3) is 0.562. The number of benzene rings is 1. The van der Waals surface area contributed by atoms with Crippen molar-refractivity contribution in [3.63, 3.8) is 0 Å². The molecule has 0 radical (unpaired) electrons. The van der Waals surface area contributed by atoms with Crippen LogP contribution in [-0.2, 0) is 11.0 Å². The highest BCUT2D eigenvalue weighted by molar-refractivity contribution is 5.91. The summed E-state index contributed by atoms with van der Waals surface area (Å²) in [7, 11) is 0. The van der Waals surface area contributed by atoms with Gasteiger partial charge in [-0.25, -0.2) is 0 Å². The largest absolute Gasteiger partial charge is 0.416 e. The fourth-order valence-corrected chi connectivity index (χ4v) is 2.76. The number of carbonyl (C=O) groups is 1. The summed E-state index contributed by atoms with van der Waals surface area (Å²) >= 11 is 0. The number of nitrogens with one attached hydrogen (secondary N) is 2. The molecular formula is C16H22F3N2O+. The first-order chi connectivity index (χ1) is 10.4. The predicted molar refractivity (Wildman–Crippen MR) is 78.7 cm³/mol. The smallest absolute Gasteiger partial charge is 0.327 e. The standard InChI is InChI=1S/C16H21F3N2O/c17-16(18,19)13-6-8-14(9-7-13)20-15(22)12-21-10-4-2-1-3-5-11-21/h6-9H,1-5,10-12H2,(H,20,22)/p+1. The van der Waals surface area contributed by atoms with E-state index in [4.69, 9.17) is 0 Å². The third-order valence-electron chi connectivity index (χ3n) is 3.97. The minimum absolute atomic E-state index is 0.143. The van der Waals surface area contributed by atoms with Gasteiger partial charge in [-0.1, -0.05) is 6.42 Å². The first-order valence-corrected chi connectivity index (χ1v) is 7.76. The molecule has 2 N–H and O–H groups in total. The van der Waals surface area contributed by atoms with Crippen molar-refractivity contribution in [3.05, 3.63) is 29.8 Å². The van der Waals surface area contributed by atoms with E-state index in [2.05, 4.69) is 5.32 Å². The van der Waals surface area contributed by atoms with E-state index in [-0.39, 0.29) is 5.91 Å². The van der Waals surface area contributed by atoms with Crippen LogP contribution < -0.4 is 10.2 Å². The van der Waals surface area contributed by atoms with Crippen LogP contribution in [-0.4, -0.2) is 25.5 Å². The van der Waals surface area contributed by atoms with Crippen molar-refractivity contribution in [2.24, 2.45) is 0 Å². The van der Waals surface area contributed by atoms with Gasteiger partial charge < -0.3 is 10.2 Å². The van der Waals surface area contributed by atoms with Crippen molar-refractivity contribution in [1.82, 2.24) is 0 Å². The molecule has 0 unspecified atom stereocenters. The number of likely N-dealkylation sites (tertiary alicyclic amines) is 1. The van der Waals surface area contributed by atoms with Crippen LogP contribution in [0.1, 0.15) is 37.7 Å². The highest BCUT2D eigenvalue weighted by Crippen LogP contribution is 2.29. The van der Waals surface area contributed by atoms with Crippen LogP contribution in [0.15, 0.2) is 24.3 Å². The van der Waals surface area contributed by atoms with Gasteiger partial charge >= 0.3 is 6.18 Å². The Morgan fingerprint density at radius 1 is 1.00 bits per heavy atom. The van der Waals surface area contributed by atoms with Gasteiger partial charge in [0.15, 0.2) is 6.54 Å². The molecule has 2 rings (SSSR count). The zero-order chi connectivity index (χ0) is 16.0. The number of carbonyl (C=O) groups excluding carboxylic acids is 1. The molecule has 0 aliphatic carbocycles. The number of halogens is 3. The highest BCUT2D eigenvalue weighted by atomic mass is 19.4. The number of hydrogen-bond acceptors (Lipinski definition) is 1. The lowest BCUT2D eigenvalue weighted by molar-refractivity contribution is -0.892. The van der Waals surface area contributed by atoms with Gasteiger partial charge in [0, 0.05) is 5.69 Å². The molecular weight excluding hydrogens is 293 g/mol. The molecule has 0 saturated carbocycles. The molecule has 22 heavy (non-hydrogen) atoms. The molecule has 0 aromatic heterocycles. The molecule has 1 fully saturated rings. The average molecular weight is 315 g/mol. The lowest BCUT2D eigenvalue weighted by Gasteiger charge is -2.21. The zero-order valence-electron chi connectivity index (χ0n) is 12.5. The number of rotatable bonds is 3. The second-order valence-corrected chi connectivity index (χ2v) is 5.82.